The fraction of sp³-hybridized carbons (Fsp3) is 0.429. The second kappa shape index (κ2) is 9.24. The Labute approximate surface area is 155 Å². The molecule has 0 spiro atoms. The van der Waals surface area contributed by atoms with Crippen molar-refractivity contribution in [3.05, 3.63) is 71.5 Å². The molecule has 0 saturated carbocycles. The van der Waals surface area contributed by atoms with E-state index in [-0.39, 0.29) is 11.9 Å². The summed E-state index contributed by atoms with van der Waals surface area (Å²) in [5.41, 5.74) is 8.48. The summed E-state index contributed by atoms with van der Waals surface area (Å²) in [6.07, 6.45) is 0.158. The van der Waals surface area contributed by atoms with Crippen molar-refractivity contribution in [1.29, 1.82) is 0 Å². The molecular weight excluding hydrogens is 329 g/mol. The molecule has 0 bridgehead atoms. The molecule has 0 radical (unpaired) electrons. The van der Waals surface area contributed by atoms with Gasteiger partial charge in [-0.05, 0) is 29.7 Å². The van der Waals surface area contributed by atoms with Gasteiger partial charge >= 0.3 is 0 Å². The molecule has 1 heterocycles. The van der Waals surface area contributed by atoms with E-state index in [9.17, 15) is 9.50 Å². The highest BCUT2D eigenvalue weighted by molar-refractivity contribution is 5.17. The zero-order valence-corrected chi connectivity index (χ0v) is 15.1. The maximum atomic E-state index is 13.0. The molecule has 2 atom stereocenters. The molecule has 0 aliphatic carbocycles. The van der Waals surface area contributed by atoms with Crippen LogP contribution in [-0.2, 0) is 13.0 Å². The van der Waals surface area contributed by atoms with Crippen LogP contribution in [-0.4, -0.2) is 59.8 Å². The van der Waals surface area contributed by atoms with Crippen molar-refractivity contribution in [3.63, 3.8) is 0 Å². The molecule has 26 heavy (non-hydrogen) atoms. The van der Waals surface area contributed by atoms with Gasteiger partial charge in [-0.3, -0.25) is 9.80 Å². The van der Waals surface area contributed by atoms with Crippen LogP contribution < -0.4 is 5.73 Å². The number of rotatable bonds is 7. The van der Waals surface area contributed by atoms with Gasteiger partial charge in [0, 0.05) is 45.3 Å². The van der Waals surface area contributed by atoms with Crippen LogP contribution in [0.4, 0.5) is 4.39 Å². The molecule has 0 unspecified atom stereocenters. The summed E-state index contributed by atoms with van der Waals surface area (Å²) in [5.74, 6) is -0.195. The highest BCUT2D eigenvalue weighted by Gasteiger charge is 2.22. The van der Waals surface area contributed by atoms with Gasteiger partial charge in [-0.15, -0.1) is 0 Å². The zero-order chi connectivity index (χ0) is 18.4. The van der Waals surface area contributed by atoms with E-state index in [1.807, 2.05) is 42.5 Å². The van der Waals surface area contributed by atoms with Crippen molar-refractivity contribution in [2.75, 3.05) is 32.7 Å². The third-order valence-corrected chi connectivity index (χ3v) is 5.04. The number of hydrogen-bond acceptors (Lipinski definition) is 4. The molecule has 0 aromatic heterocycles. The summed E-state index contributed by atoms with van der Waals surface area (Å²) in [6.45, 7) is 5.16. The van der Waals surface area contributed by atoms with Crippen molar-refractivity contribution in [1.82, 2.24) is 9.80 Å². The minimum absolute atomic E-state index is 0.195. The fourth-order valence-corrected chi connectivity index (χ4v) is 3.40. The number of benzene rings is 2. The Kier molecular flexibility index (Phi) is 6.74. The first-order valence-electron chi connectivity index (χ1n) is 9.27. The molecule has 2 aromatic rings. The zero-order valence-electron chi connectivity index (χ0n) is 15.1. The van der Waals surface area contributed by atoms with Gasteiger partial charge in [-0.2, -0.15) is 0 Å². The quantitative estimate of drug-likeness (QED) is 0.794. The Morgan fingerprint density at radius 2 is 1.50 bits per heavy atom. The van der Waals surface area contributed by atoms with E-state index in [0.29, 0.717) is 13.0 Å². The number of nitrogens with zero attached hydrogens (tertiary/aromatic N) is 2. The fourth-order valence-electron chi connectivity index (χ4n) is 3.40. The summed E-state index contributed by atoms with van der Waals surface area (Å²) >= 11 is 0. The van der Waals surface area contributed by atoms with Crippen LogP contribution in [0.1, 0.15) is 11.1 Å². The summed E-state index contributed by atoms with van der Waals surface area (Å²) in [4.78, 5) is 4.64. The maximum absolute atomic E-state index is 13.0. The van der Waals surface area contributed by atoms with Crippen LogP contribution in [0.2, 0.25) is 0 Å². The van der Waals surface area contributed by atoms with Crippen LogP contribution in [0.3, 0.4) is 0 Å². The molecule has 3 rings (SSSR count). The lowest BCUT2D eigenvalue weighted by Crippen LogP contribution is -2.51. The van der Waals surface area contributed by atoms with Crippen molar-refractivity contribution in [2.45, 2.75) is 25.1 Å². The average Bonchev–Trinajstić information content (AvgIpc) is 2.66. The molecule has 4 nitrogen and oxygen atoms in total. The van der Waals surface area contributed by atoms with E-state index in [0.717, 1.165) is 43.9 Å². The van der Waals surface area contributed by atoms with Gasteiger partial charge in [0.1, 0.15) is 5.82 Å². The monoisotopic (exact) mass is 357 g/mol. The summed E-state index contributed by atoms with van der Waals surface area (Å²) in [5, 5.41) is 10.4. The third-order valence-electron chi connectivity index (χ3n) is 5.04. The maximum Gasteiger partial charge on any atom is 0.123 e. The summed E-state index contributed by atoms with van der Waals surface area (Å²) in [7, 11) is 0. The van der Waals surface area contributed by atoms with Crippen LogP contribution in [0, 0.1) is 5.82 Å². The van der Waals surface area contributed by atoms with Crippen LogP contribution in [0.25, 0.3) is 0 Å². The van der Waals surface area contributed by atoms with E-state index in [1.54, 1.807) is 0 Å². The number of aliphatic hydroxyl groups is 1. The Balaban J connectivity index is 1.41. The predicted molar refractivity (Wildman–Crippen MR) is 102 cm³/mol. The number of piperazine rings is 1. The van der Waals surface area contributed by atoms with E-state index in [1.165, 1.54) is 12.1 Å². The Morgan fingerprint density at radius 3 is 2.15 bits per heavy atom. The highest BCUT2D eigenvalue weighted by atomic mass is 19.1. The molecule has 1 fully saturated rings. The third kappa shape index (κ3) is 5.61. The van der Waals surface area contributed by atoms with Gasteiger partial charge in [0.25, 0.3) is 0 Å². The number of β-amino-alcohol motifs (C(OH)–C–C–N with tert-alkyl or cyclic N) is 1. The molecular formula is C21H28FN3O. The normalized spacial score (nSPS) is 18.6. The van der Waals surface area contributed by atoms with Crippen LogP contribution >= 0.6 is 0 Å². The number of aliphatic hydroxyl groups excluding tert-OH is 1. The average molecular weight is 357 g/mol. The Bertz CT molecular complexity index is 657. The van der Waals surface area contributed by atoms with E-state index >= 15 is 0 Å². The number of nitrogens with two attached hydrogens (primary N) is 1. The van der Waals surface area contributed by atoms with Crippen molar-refractivity contribution >= 4 is 0 Å². The van der Waals surface area contributed by atoms with Gasteiger partial charge in [-0.25, -0.2) is 4.39 Å². The van der Waals surface area contributed by atoms with Crippen LogP contribution in [0.15, 0.2) is 54.6 Å². The highest BCUT2D eigenvalue weighted by Crippen LogP contribution is 2.11. The topological polar surface area (TPSA) is 52.7 Å². The first-order valence-corrected chi connectivity index (χ1v) is 9.27. The van der Waals surface area contributed by atoms with Crippen LogP contribution in [0.5, 0.6) is 0 Å². The molecule has 0 amide bonds. The molecule has 5 heteroatoms. The van der Waals surface area contributed by atoms with Gasteiger partial charge in [0.2, 0.25) is 0 Å². The van der Waals surface area contributed by atoms with E-state index < -0.39 is 6.10 Å². The first kappa shape index (κ1) is 19.0. The lowest BCUT2D eigenvalue weighted by molar-refractivity contribution is 0.0579. The lowest BCUT2D eigenvalue weighted by atomic mass is 10.0. The molecule has 3 N–H and O–H groups in total. The molecule has 1 saturated heterocycles. The molecule has 1 aliphatic rings. The number of hydrogen-bond donors (Lipinski definition) is 2. The van der Waals surface area contributed by atoms with E-state index in [4.69, 9.17) is 5.73 Å². The lowest BCUT2D eigenvalue weighted by Gasteiger charge is -2.36. The van der Waals surface area contributed by atoms with E-state index in [2.05, 4.69) is 9.80 Å². The molecule has 2 aromatic carbocycles. The van der Waals surface area contributed by atoms with Gasteiger partial charge in [0.15, 0.2) is 0 Å². The second-order valence-electron chi connectivity index (χ2n) is 7.12. The van der Waals surface area contributed by atoms with Crippen molar-refractivity contribution in [2.24, 2.45) is 5.73 Å². The summed E-state index contributed by atoms with van der Waals surface area (Å²) in [6, 6.07) is 16.5. The second-order valence-corrected chi connectivity index (χ2v) is 7.12. The molecule has 1 aliphatic heterocycles. The number of halogens is 1. The van der Waals surface area contributed by atoms with Gasteiger partial charge in [0.05, 0.1) is 6.10 Å². The first-order chi connectivity index (χ1) is 12.6. The SMILES string of the molecule is N[C@@H](Cc1ccccc1)[C@H](O)CN1CCN(Cc2ccc(F)cc2)CC1. The van der Waals surface area contributed by atoms with Gasteiger partial charge in [-0.1, -0.05) is 42.5 Å². The largest absolute Gasteiger partial charge is 0.390 e. The Hall–Kier alpha value is -1.79. The standard InChI is InChI=1S/C21H28FN3O/c22-19-8-6-18(7-9-19)15-24-10-12-25(13-11-24)16-21(26)20(23)14-17-4-2-1-3-5-17/h1-9,20-21,26H,10-16,23H2/t20-,21+/m0/s1. The minimum atomic E-state index is -0.529. The summed E-state index contributed by atoms with van der Waals surface area (Å²) < 4.78 is 13.0. The van der Waals surface area contributed by atoms with Crippen molar-refractivity contribution < 1.29 is 9.50 Å². The predicted octanol–water partition coefficient (Wildman–Crippen LogP) is 1.87. The Morgan fingerprint density at radius 1 is 0.885 bits per heavy atom. The smallest absolute Gasteiger partial charge is 0.123 e. The van der Waals surface area contributed by atoms with Crippen molar-refractivity contribution in [3.8, 4) is 0 Å². The molecule has 140 valence electrons. The minimum Gasteiger partial charge on any atom is -0.390 e. The van der Waals surface area contributed by atoms with Gasteiger partial charge < -0.3 is 10.8 Å².